The molecule has 3 rings (SSSR count). The van der Waals surface area contributed by atoms with Crippen molar-refractivity contribution in [3.63, 3.8) is 0 Å². The summed E-state index contributed by atoms with van der Waals surface area (Å²) in [6.07, 6.45) is -0.381. The van der Waals surface area contributed by atoms with E-state index in [0.29, 0.717) is 28.5 Å². The number of anilines is 2. The minimum absolute atomic E-state index is 0.139. The molecular formula is C26H25N3O8. The van der Waals surface area contributed by atoms with Crippen LogP contribution in [0.25, 0.3) is 0 Å². The summed E-state index contributed by atoms with van der Waals surface area (Å²) in [5.74, 6) is -0.124. The van der Waals surface area contributed by atoms with Crippen LogP contribution in [0.5, 0.6) is 17.2 Å². The number of rotatable bonds is 11. The Kier molecular flexibility index (Phi) is 9.14. The first kappa shape index (κ1) is 26.7. The van der Waals surface area contributed by atoms with Gasteiger partial charge in [-0.1, -0.05) is 18.2 Å². The number of nitrogens with zero attached hydrogens (tertiary/aromatic N) is 1. The van der Waals surface area contributed by atoms with E-state index < -0.39 is 29.3 Å². The molecule has 0 aliphatic carbocycles. The van der Waals surface area contributed by atoms with Crippen LogP contribution in [-0.2, 0) is 19.1 Å². The van der Waals surface area contributed by atoms with E-state index in [1.807, 2.05) is 12.1 Å². The average molecular weight is 507 g/mol. The Morgan fingerprint density at radius 1 is 0.865 bits per heavy atom. The van der Waals surface area contributed by atoms with Crippen molar-refractivity contribution in [2.45, 2.75) is 19.8 Å². The van der Waals surface area contributed by atoms with E-state index in [9.17, 15) is 24.5 Å². The van der Waals surface area contributed by atoms with E-state index in [4.69, 9.17) is 14.2 Å². The summed E-state index contributed by atoms with van der Waals surface area (Å²) in [7, 11) is 1.55. The molecule has 0 unspecified atom stereocenters. The second-order valence-corrected chi connectivity index (χ2v) is 7.79. The Balaban J connectivity index is 1.40. The van der Waals surface area contributed by atoms with Crippen molar-refractivity contribution in [3.05, 3.63) is 82.4 Å². The van der Waals surface area contributed by atoms with Crippen LogP contribution in [-0.4, -0.2) is 36.4 Å². The summed E-state index contributed by atoms with van der Waals surface area (Å²) < 4.78 is 15.9. The van der Waals surface area contributed by atoms with Gasteiger partial charge in [0.1, 0.15) is 5.75 Å². The third kappa shape index (κ3) is 8.06. The number of para-hydroxylation sites is 2. The lowest BCUT2D eigenvalue weighted by molar-refractivity contribution is -0.385. The Morgan fingerprint density at radius 2 is 1.51 bits per heavy atom. The van der Waals surface area contributed by atoms with Crippen LogP contribution in [0.1, 0.15) is 18.4 Å². The molecule has 0 aromatic heterocycles. The lowest BCUT2D eigenvalue weighted by Gasteiger charge is -2.11. The smallest absolute Gasteiger partial charge is 0.306 e. The lowest BCUT2D eigenvalue weighted by atomic mass is 10.2. The van der Waals surface area contributed by atoms with Gasteiger partial charge in [0.2, 0.25) is 5.91 Å². The van der Waals surface area contributed by atoms with Crippen LogP contribution in [0, 0.1) is 17.0 Å². The van der Waals surface area contributed by atoms with Gasteiger partial charge in [-0.15, -0.1) is 0 Å². The Hall–Kier alpha value is -4.93. The molecule has 11 heteroatoms. The highest BCUT2D eigenvalue weighted by Crippen LogP contribution is 2.31. The number of ether oxygens (including phenoxy) is 3. The molecule has 0 aliphatic heterocycles. The van der Waals surface area contributed by atoms with Gasteiger partial charge in [0.25, 0.3) is 11.6 Å². The van der Waals surface area contributed by atoms with E-state index in [-0.39, 0.29) is 24.2 Å². The molecule has 2 N–H and O–H groups in total. The first-order valence-corrected chi connectivity index (χ1v) is 11.2. The number of methoxy groups -OCH3 is 1. The second kappa shape index (κ2) is 12.7. The summed E-state index contributed by atoms with van der Waals surface area (Å²) in [6, 6.07) is 18.1. The predicted octanol–water partition coefficient (Wildman–Crippen LogP) is 4.60. The van der Waals surface area contributed by atoms with Gasteiger partial charge in [-0.05, 0) is 49.4 Å². The van der Waals surface area contributed by atoms with Crippen LogP contribution in [0.3, 0.4) is 0 Å². The maximum atomic E-state index is 12.2. The van der Waals surface area contributed by atoms with Crippen molar-refractivity contribution in [2.24, 2.45) is 0 Å². The molecule has 0 saturated carbocycles. The summed E-state index contributed by atoms with van der Waals surface area (Å²) in [6.45, 7) is 0.991. The number of aryl methyl sites for hydroxylation is 1. The number of nitro groups is 1. The van der Waals surface area contributed by atoms with Crippen LogP contribution >= 0.6 is 0 Å². The second-order valence-electron chi connectivity index (χ2n) is 7.79. The molecule has 3 aromatic rings. The fourth-order valence-corrected chi connectivity index (χ4v) is 3.17. The van der Waals surface area contributed by atoms with Crippen LogP contribution in [0.4, 0.5) is 17.1 Å². The molecule has 2 amide bonds. The summed E-state index contributed by atoms with van der Waals surface area (Å²) in [4.78, 5) is 46.5. The van der Waals surface area contributed by atoms with E-state index in [1.165, 1.54) is 18.2 Å². The molecule has 0 spiro atoms. The average Bonchev–Trinajstić information content (AvgIpc) is 2.88. The molecule has 0 aliphatic rings. The molecule has 192 valence electrons. The zero-order valence-corrected chi connectivity index (χ0v) is 20.2. The van der Waals surface area contributed by atoms with Crippen molar-refractivity contribution >= 4 is 34.8 Å². The fourth-order valence-electron chi connectivity index (χ4n) is 3.17. The normalized spacial score (nSPS) is 10.2. The highest BCUT2D eigenvalue weighted by atomic mass is 16.6. The largest absolute Gasteiger partial charge is 0.493 e. The minimum Gasteiger partial charge on any atom is -0.493 e. The molecule has 37 heavy (non-hydrogen) atoms. The number of benzene rings is 3. The van der Waals surface area contributed by atoms with Crippen molar-refractivity contribution in [3.8, 4) is 17.2 Å². The van der Waals surface area contributed by atoms with Gasteiger partial charge in [-0.3, -0.25) is 24.5 Å². The minimum atomic E-state index is -0.735. The SMILES string of the molecule is COc1ccccc1Oc1ccc(NC(=O)CCC(=O)OCC(=O)Nc2ccc(C)c([N+](=O)[O-])c2)cc1. The highest BCUT2D eigenvalue weighted by Gasteiger charge is 2.14. The maximum absolute atomic E-state index is 12.2. The van der Waals surface area contributed by atoms with Crippen molar-refractivity contribution in [2.75, 3.05) is 24.4 Å². The third-order valence-corrected chi connectivity index (χ3v) is 5.04. The molecule has 0 heterocycles. The molecule has 0 radical (unpaired) electrons. The fraction of sp³-hybridized carbons (Fsp3) is 0.192. The van der Waals surface area contributed by atoms with Crippen LogP contribution < -0.4 is 20.1 Å². The summed E-state index contributed by atoms with van der Waals surface area (Å²) in [5, 5.41) is 16.1. The number of carbonyl (C=O) groups is 3. The lowest BCUT2D eigenvalue weighted by Crippen LogP contribution is -2.21. The van der Waals surface area contributed by atoms with Gasteiger partial charge >= 0.3 is 5.97 Å². The van der Waals surface area contributed by atoms with Gasteiger partial charge in [0.15, 0.2) is 18.1 Å². The van der Waals surface area contributed by atoms with Crippen LogP contribution in [0.2, 0.25) is 0 Å². The number of carbonyl (C=O) groups excluding carboxylic acids is 3. The van der Waals surface area contributed by atoms with Gasteiger partial charge in [-0.2, -0.15) is 0 Å². The van der Waals surface area contributed by atoms with E-state index in [1.54, 1.807) is 50.4 Å². The first-order valence-electron chi connectivity index (χ1n) is 11.2. The zero-order chi connectivity index (χ0) is 26.8. The van der Waals surface area contributed by atoms with Gasteiger partial charge in [-0.25, -0.2) is 0 Å². The number of nitro benzene ring substituents is 1. The van der Waals surface area contributed by atoms with Crippen LogP contribution in [0.15, 0.2) is 66.7 Å². The molecular weight excluding hydrogens is 482 g/mol. The number of amides is 2. The van der Waals surface area contributed by atoms with Gasteiger partial charge in [0, 0.05) is 29.4 Å². The summed E-state index contributed by atoms with van der Waals surface area (Å²) >= 11 is 0. The third-order valence-electron chi connectivity index (χ3n) is 5.04. The monoisotopic (exact) mass is 507 g/mol. The maximum Gasteiger partial charge on any atom is 0.306 e. The highest BCUT2D eigenvalue weighted by molar-refractivity contribution is 5.94. The molecule has 0 saturated heterocycles. The Bertz CT molecular complexity index is 1290. The van der Waals surface area contributed by atoms with Gasteiger partial charge in [0.05, 0.1) is 18.5 Å². The molecule has 0 atom stereocenters. The number of nitrogens with one attached hydrogen (secondary N) is 2. The topological polar surface area (TPSA) is 146 Å². The van der Waals surface area contributed by atoms with E-state index >= 15 is 0 Å². The van der Waals surface area contributed by atoms with E-state index in [0.717, 1.165) is 0 Å². The summed E-state index contributed by atoms with van der Waals surface area (Å²) in [5.41, 5.74) is 1.03. The Morgan fingerprint density at radius 3 is 2.19 bits per heavy atom. The van der Waals surface area contributed by atoms with Crippen molar-refractivity contribution < 1.29 is 33.5 Å². The van der Waals surface area contributed by atoms with Gasteiger partial charge < -0.3 is 24.8 Å². The van der Waals surface area contributed by atoms with E-state index in [2.05, 4.69) is 10.6 Å². The zero-order valence-electron chi connectivity index (χ0n) is 20.2. The Labute approximate surface area is 212 Å². The molecule has 0 fully saturated rings. The predicted molar refractivity (Wildman–Crippen MR) is 135 cm³/mol. The molecule has 3 aromatic carbocycles. The number of esters is 1. The molecule has 11 nitrogen and oxygen atoms in total. The quantitative estimate of drug-likeness (QED) is 0.217. The van der Waals surface area contributed by atoms with Crippen molar-refractivity contribution in [1.29, 1.82) is 0 Å². The standard InChI is InChI=1S/C26H25N3O8/c1-17-7-8-19(15-21(17)29(33)34)28-25(31)16-36-26(32)14-13-24(30)27-18-9-11-20(12-10-18)37-23-6-4-3-5-22(23)35-2/h3-12,15H,13-14,16H2,1-2H3,(H,27,30)(H,28,31). The number of hydrogen-bond donors (Lipinski definition) is 2. The molecule has 0 bridgehead atoms. The van der Waals surface area contributed by atoms with Crippen molar-refractivity contribution in [1.82, 2.24) is 0 Å². The number of hydrogen-bond acceptors (Lipinski definition) is 8. The first-order chi connectivity index (χ1) is 17.7.